The lowest BCUT2D eigenvalue weighted by Gasteiger charge is -2.39. The Hall–Kier alpha value is -0.540. The summed E-state index contributed by atoms with van der Waals surface area (Å²) >= 11 is 0. The van der Waals surface area contributed by atoms with Crippen molar-refractivity contribution >= 4 is 0 Å². The van der Waals surface area contributed by atoms with Gasteiger partial charge in [-0.25, -0.2) is 0 Å². The molecule has 0 radical (unpaired) electrons. The molecule has 0 aromatic rings. The zero-order valence-corrected chi connectivity index (χ0v) is 10.7. The van der Waals surface area contributed by atoms with E-state index in [2.05, 4.69) is 11.9 Å². The average molecular weight is 239 g/mol. The highest BCUT2D eigenvalue weighted by molar-refractivity contribution is 4.97. The van der Waals surface area contributed by atoms with Gasteiger partial charge in [0.1, 0.15) is 0 Å². The van der Waals surface area contributed by atoms with Crippen LogP contribution in [0.25, 0.3) is 0 Å². The minimum absolute atomic E-state index is 0.539. The lowest BCUT2D eigenvalue weighted by Crippen LogP contribution is -2.45. The predicted molar refractivity (Wildman–Crippen MR) is 68.9 cm³/mol. The van der Waals surface area contributed by atoms with Crippen LogP contribution in [0.15, 0.2) is 12.8 Å². The molecule has 2 fully saturated rings. The smallest absolute Gasteiger partial charge is 0.0885 e. The third-order valence-corrected chi connectivity index (χ3v) is 4.34. The van der Waals surface area contributed by atoms with Crippen LogP contribution in [0.2, 0.25) is 0 Å². The zero-order chi connectivity index (χ0) is 12.0. The van der Waals surface area contributed by atoms with Crippen LogP contribution in [0.5, 0.6) is 0 Å². The monoisotopic (exact) mass is 239 g/mol. The van der Waals surface area contributed by atoms with Crippen LogP contribution < -0.4 is 5.32 Å². The predicted octanol–water partition coefficient (Wildman–Crippen LogP) is 2.48. The molecule has 2 aliphatic rings. The molecule has 1 aliphatic heterocycles. The number of nitrogens with one attached hydrogen (secondary N) is 1. The Morgan fingerprint density at radius 1 is 1.35 bits per heavy atom. The molecule has 0 aromatic heterocycles. The van der Waals surface area contributed by atoms with Gasteiger partial charge in [0.25, 0.3) is 0 Å². The Kier molecular flexibility index (Phi) is 4.86. The van der Waals surface area contributed by atoms with Crippen LogP contribution in [-0.2, 0) is 9.47 Å². The first-order valence-corrected chi connectivity index (χ1v) is 6.91. The number of hydrogen-bond donors (Lipinski definition) is 1. The lowest BCUT2D eigenvalue weighted by molar-refractivity contribution is 0.00428. The molecule has 1 spiro atoms. The Labute approximate surface area is 105 Å². The Morgan fingerprint density at radius 2 is 2.18 bits per heavy atom. The van der Waals surface area contributed by atoms with Gasteiger partial charge in [-0.3, -0.25) is 0 Å². The molecule has 1 saturated carbocycles. The van der Waals surface area contributed by atoms with Crippen molar-refractivity contribution < 1.29 is 9.47 Å². The Morgan fingerprint density at radius 3 is 2.94 bits per heavy atom. The largest absolute Gasteiger partial charge is 0.502 e. The summed E-state index contributed by atoms with van der Waals surface area (Å²) in [7, 11) is 0. The van der Waals surface area contributed by atoms with Gasteiger partial charge in [-0.15, -0.1) is 0 Å². The molecular formula is C14H25NO2. The molecule has 1 heterocycles. The maximum Gasteiger partial charge on any atom is 0.0885 e. The van der Waals surface area contributed by atoms with Crippen molar-refractivity contribution in [3.8, 4) is 0 Å². The first-order chi connectivity index (χ1) is 8.37. The van der Waals surface area contributed by atoms with Crippen molar-refractivity contribution in [2.24, 2.45) is 5.41 Å². The molecule has 1 atom stereocenters. The molecule has 2 rings (SSSR count). The highest BCUT2D eigenvalue weighted by Gasteiger charge is 2.43. The molecule has 0 amide bonds. The SMILES string of the molecule is C=COCCCNC1CCCC12CCOCC2. The summed E-state index contributed by atoms with van der Waals surface area (Å²) < 4.78 is 10.6. The van der Waals surface area contributed by atoms with Crippen molar-refractivity contribution in [1.29, 1.82) is 0 Å². The van der Waals surface area contributed by atoms with E-state index >= 15 is 0 Å². The van der Waals surface area contributed by atoms with Gasteiger partial charge in [-0.1, -0.05) is 13.0 Å². The van der Waals surface area contributed by atoms with Crippen molar-refractivity contribution in [1.82, 2.24) is 5.32 Å². The first kappa shape index (κ1) is 12.9. The second-order valence-electron chi connectivity index (χ2n) is 5.26. The van der Waals surface area contributed by atoms with Crippen LogP contribution >= 0.6 is 0 Å². The molecule has 17 heavy (non-hydrogen) atoms. The van der Waals surface area contributed by atoms with Crippen LogP contribution in [0.4, 0.5) is 0 Å². The van der Waals surface area contributed by atoms with Crippen molar-refractivity contribution in [2.45, 2.75) is 44.6 Å². The topological polar surface area (TPSA) is 30.5 Å². The zero-order valence-electron chi connectivity index (χ0n) is 10.7. The molecule has 1 aliphatic carbocycles. The molecular weight excluding hydrogens is 214 g/mol. The third-order valence-electron chi connectivity index (χ3n) is 4.34. The van der Waals surface area contributed by atoms with E-state index in [1.54, 1.807) is 0 Å². The van der Waals surface area contributed by atoms with E-state index in [1.807, 2.05) is 0 Å². The van der Waals surface area contributed by atoms with Gasteiger partial charge in [0, 0.05) is 19.3 Å². The van der Waals surface area contributed by atoms with Crippen LogP contribution in [0.3, 0.4) is 0 Å². The van der Waals surface area contributed by atoms with E-state index in [9.17, 15) is 0 Å². The fourth-order valence-corrected chi connectivity index (χ4v) is 3.35. The molecule has 3 heteroatoms. The maximum absolute atomic E-state index is 5.50. The number of hydrogen-bond acceptors (Lipinski definition) is 3. The normalized spacial score (nSPS) is 27.2. The molecule has 0 bridgehead atoms. The Bertz CT molecular complexity index is 236. The number of rotatable bonds is 6. The summed E-state index contributed by atoms with van der Waals surface area (Å²) in [6, 6.07) is 0.704. The third kappa shape index (κ3) is 3.23. The van der Waals surface area contributed by atoms with Gasteiger partial charge in [0.15, 0.2) is 0 Å². The van der Waals surface area contributed by atoms with Gasteiger partial charge >= 0.3 is 0 Å². The van der Waals surface area contributed by atoms with Crippen LogP contribution in [0.1, 0.15) is 38.5 Å². The highest BCUT2D eigenvalue weighted by atomic mass is 16.5. The molecule has 1 saturated heterocycles. The Balaban J connectivity index is 1.73. The van der Waals surface area contributed by atoms with E-state index in [1.165, 1.54) is 38.4 Å². The number of ether oxygens (including phenoxy) is 2. The van der Waals surface area contributed by atoms with E-state index in [0.717, 1.165) is 32.8 Å². The molecule has 0 aromatic carbocycles. The lowest BCUT2D eigenvalue weighted by atomic mass is 9.75. The van der Waals surface area contributed by atoms with Gasteiger partial charge < -0.3 is 14.8 Å². The van der Waals surface area contributed by atoms with Gasteiger partial charge in [-0.05, 0) is 44.1 Å². The summed E-state index contributed by atoms with van der Waals surface area (Å²) in [5, 5.41) is 3.73. The molecule has 98 valence electrons. The fourth-order valence-electron chi connectivity index (χ4n) is 3.35. The quantitative estimate of drug-likeness (QED) is 0.570. The highest BCUT2D eigenvalue weighted by Crippen LogP contribution is 2.45. The van der Waals surface area contributed by atoms with Crippen LogP contribution in [-0.4, -0.2) is 32.4 Å². The fraction of sp³-hybridized carbons (Fsp3) is 0.857. The second kappa shape index (κ2) is 6.41. The minimum atomic E-state index is 0.539. The standard InChI is InChI=1S/C14H25NO2/c1-2-16-10-4-9-15-13-5-3-6-14(13)7-11-17-12-8-14/h2,13,15H,1,3-12H2. The summed E-state index contributed by atoms with van der Waals surface area (Å²) in [5.41, 5.74) is 0.539. The summed E-state index contributed by atoms with van der Waals surface area (Å²) in [6.45, 7) is 7.29. The maximum atomic E-state index is 5.50. The van der Waals surface area contributed by atoms with Crippen molar-refractivity contribution in [3.05, 3.63) is 12.8 Å². The van der Waals surface area contributed by atoms with E-state index in [-0.39, 0.29) is 0 Å². The van der Waals surface area contributed by atoms with Gasteiger partial charge in [-0.2, -0.15) is 0 Å². The molecule has 1 N–H and O–H groups in total. The van der Waals surface area contributed by atoms with E-state index < -0.39 is 0 Å². The van der Waals surface area contributed by atoms with E-state index in [4.69, 9.17) is 9.47 Å². The van der Waals surface area contributed by atoms with Crippen molar-refractivity contribution in [3.63, 3.8) is 0 Å². The molecule has 1 unspecified atom stereocenters. The second-order valence-corrected chi connectivity index (χ2v) is 5.26. The summed E-state index contributed by atoms with van der Waals surface area (Å²) in [4.78, 5) is 0. The summed E-state index contributed by atoms with van der Waals surface area (Å²) in [6.07, 6.45) is 9.17. The minimum Gasteiger partial charge on any atom is -0.502 e. The van der Waals surface area contributed by atoms with Crippen LogP contribution in [0, 0.1) is 5.41 Å². The van der Waals surface area contributed by atoms with Crippen molar-refractivity contribution in [2.75, 3.05) is 26.4 Å². The average Bonchev–Trinajstić information content (AvgIpc) is 2.73. The first-order valence-electron chi connectivity index (χ1n) is 6.91. The van der Waals surface area contributed by atoms with Gasteiger partial charge in [0.05, 0.1) is 12.9 Å². The molecule has 3 nitrogen and oxygen atoms in total. The summed E-state index contributed by atoms with van der Waals surface area (Å²) in [5.74, 6) is 0. The van der Waals surface area contributed by atoms with E-state index in [0.29, 0.717) is 11.5 Å². The van der Waals surface area contributed by atoms with Gasteiger partial charge in [0.2, 0.25) is 0 Å².